The van der Waals surface area contributed by atoms with Crippen LogP contribution >= 0.6 is 0 Å². The van der Waals surface area contributed by atoms with Crippen LogP contribution in [0.2, 0.25) is 0 Å². The molecule has 1 atom stereocenters. The monoisotopic (exact) mass is 377 g/mol. The highest BCUT2D eigenvalue weighted by atomic mass is 16.6. The molecule has 0 fully saturated rings. The molecule has 9 heteroatoms. The van der Waals surface area contributed by atoms with E-state index in [9.17, 15) is 10.1 Å². The van der Waals surface area contributed by atoms with E-state index in [0.717, 1.165) is 16.7 Å². The van der Waals surface area contributed by atoms with Crippen molar-refractivity contribution in [3.8, 4) is 23.2 Å². The predicted octanol–water partition coefficient (Wildman–Crippen LogP) is 2.70. The van der Waals surface area contributed by atoms with Crippen LogP contribution < -0.4 is 4.74 Å². The van der Waals surface area contributed by atoms with Gasteiger partial charge in [-0.3, -0.25) is 4.57 Å². The molecular weight excluding hydrogens is 362 g/mol. The molecule has 2 aromatic heterocycles. The Kier molecular flexibility index (Phi) is 4.70. The number of fused-ring (bicyclic) bond motifs is 1. The summed E-state index contributed by atoms with van der Waals surface area (Å²) in [4.78, 5) is 18.1. The van der Waals surface area contributed by atoms with Crippen molar-refractivity contribution in [2.75, 3.05) is 6.61 Å². The van der Waals surface area contributed by atoms with E-state index in [2.05, 4.69) is 9.97 Å². The lowest BCUT2D eigenvalue weighted by Crippen LogP contribution is -2.32. The number of pyridine rings is 1. The number of hydrogen-bond acceptors (Lipinski definition) is 7. The molecule has 1 aliphatic heterocycles. The lowest BCUT2D eigenvalue weighted by molar-refractivity contribution is -0.389. The molecule has 0 spiro atoms. The molecule has 0 saturated heterocycles. The maximum Gasteiger partial charge on any atom is 0.414 e. The molecule has 3 heterocycles. The van der Waals surface area contributed by atoms with E-state index in [1.165, 1.54) is 6.20 Å². The Morgan fingerprint density at radius 2 is 2.07 bits per heavy atom. The van der Waals surface area contributed by atoms with Gasteiger partial charge in [0.1, 0.15) is 30.7 Å². The number of ether oxygens (including phenoxy) is 2. The number of aromatic nitrogens is 3. The molecule has 0 radical (unpaired) electrons. The average molecular weight is 377 g/mol. The summed E-state index contributed by atoms with van der Waals surface area (Å²) in [6.45, 7) is 1.14. The highest BCUT2D eigenvalue weighted by molar-refractivity contribution is 5.63. The topological polar surface area (TPSA) is 116 Å². The summed E-state index contributed by atoms with van der Waals surface area (Å²) in [5.41, 5.74) is 3.31. The molecule has 140 valence electrons. The number of nitro groups is 1. The van der Waals surface area contributed by atoms with Crippen LogP contribution in [0.5, 0.6) is 6.01 Å². The van der Waals surface area contributed by atoms with Gasteiger partial charge in [0.25, 0.3) is 0 Å². The van der Waals surface area contributed by atoms with E-state index in [1.807, 2.05) is 36.4 Å². The fraction of sp³-hybridized carbons (Fsp3) is 0.211. The molecule has 0 saturated carbocycles. The third kappa shape index (κ3) is 3.67. The van der Waals surface area contributed by atoms with E-state index < -0.39 is 4.92 Å². The van der Waals surface area contributed by atoms with Gasteiger partial charge in [-0.2, -0.15) is 5.26 Å². The molecule has 0 bridgehead atoms. The normalized spacial score (nSPS) is 15.3. The molecule has 0 amide bonds. The zero-order valence-corrected chi connectivity index (χ0v) is 14.7. The van der Waals surface area contributed by atoms with Gasteiger partial charge in [0.15, 0.2) is 0 Å². The SMILES string of the molecule is N#Cc1ccc(-c2ccc(CO[C@@H]3COc4nc([N+](=O)[O-])cn4C3)cc2)cn1. The van der Waals surface area contributed by atoms with Crippen LogP contribution in [0.15, 0.2) is 48.8 Å². The Morgan fingerprint density at radius 1 is 1.29 bits per heavy atom. The third-order valence-electron chi connectivity index (χ3n) is 4.36. The van der Waals surface area contributed by atoms with Gasteiger partial charge in [-0.1, -0.05) is 24.3 Å². The Balaban J connectivity index is 1.36. The Bertz CT molecular complexity index is 1040. The van der Waals surface area contributed by atoms with Gasteiger partial charge in [-0.05, 0) is 28.2 Å². The van der Waals surface area contributed by atoms with Crippen molar-refractivity contribution in [2.45, 2.75) is 19.3 Å². The summed E-state index contributed by atoms with van der Waals surface area (Å²) in [5, 5.41) is 19.6. The first kappa shape index (κ1) is 17.6. The maximum absolute atomic E-state index is 10.8. The van der Waals surface area contributed by atoms with E-state index in [4.69, 9.17) is 14.7 Å². The van der Waals surface area contributed by atoms with Crippen molar-refractivity contribution in [3.63, 3.8) is 0 Å². The van der Waals surface area contributed by atoms with Crippen LogP contribution in [0.3, 0.4) is 0 Å². The molecule has 0 unspecified atom stereocenters. The number of hydrogen-bond donors (Lipinski definition) is 0. The average Bonchev–Trinajstić information content (AvgIpc) is 3.16. The summed E-state index contributed by atoms with van der Waals surface area (Å²) in [6, 6.07) is 13.6. The van der Waals surface area contributed by atoms with Crippen molar-refractivity contribution < 1.29 is 14.4 Å². The van der Waals surface area contributed by atoms with Crippen LogP contribution in [-0.4, -0.2) is 32.2 Å². The summed E-state index contributed by atoms with van der Waals surface area (Å²) in [5.74, 6) is -0.233. The molecule has 0 N–H and O–H groups in total. The summed E-state index contributed by atoms with van der Waals surface area (Å²) in [7, 11) is 0. The van der Waals surface area contributed by atoms with E-state index in [-0.39, 0.29) is 17.9 Å². The molecule has 0 aliphatic carbocycles. The fourth-order valence-corrected chi connectivity index (χ4v) is 2.90. The second-order valence-corrected chi connectivity index (χ2v) is 6.28. The number of nitrogens with zero attached hydrogens (tertiary/aromatic N) is 5. The minimum Gasteiger partial charge on any atom is -0.443 e. The summed E-state index contributed by atoms with van der Waals surface area (Å²) in [6.07, 6.45) is 2.81. The minimum atomic E-state index is -0.546. The smallest absolute Gasteiger partial charge is 0.414 e. The van der Waals surface area contributed by atoms with Crippen molar-refractivity contribution >= 4 is 5.82 Å². The zero-order chi connectivity index (χ0) is 19.5. The van der Waals surface area contributed by atoms with E-state index in [1.54, 1.807) is 16.8 Å². The van der Waals surface area contributed by atoms with E-state index >= 15 is 0 Å². The van der Waals surface area contributed by atoms with Gasteiger partial charge >= 0.3 is 11.8 Å². The van der Waals surface area contributed by atoms with Crippen LogP contribution in [-0.2, 0) is 17.9 Å². The number of nitriles is 1. The van der Waals surface area contributed by atoms with Crippen molar-refractivity contribution in [2.24, 2.45) is 0 Å². The largest absolute Gasteiger partial charge is 0.443 e. The molecule has 3 aromatic rings. The van der Waals surface area contributed by atoms with Gasteiger partial charge in [-0.15, -0.1) is 0 Å². The van der Waals surface area contributed by atoms with Crippen LogP contribution in [0.4, 0.5) is 5.82 Å². The van der Waals surface area contributed by atoms with Crippen LogP contribution in [0.1, 0.15) is 11.3 Å². The maximum atomic E-state index is 10.8. The van der Waals surface area contributed by atoms with Crippen LogP contribution in [0.25, 0.3) is 11.1 Å². The third-order valence-corrected chi connectivity index (χ3v) is 4.36. The second-order valence-electron chi connectivity index (χ2n) is 6.28. The lowest BCUT2D eigenvalue weighted by Gasteiger charge is -2.22. The van der Waals surface area contributed by atoms with Gasteiger partial charge < -0.3 is 19.6 Å². The minimum absolute atomic E-state index is 0.219. The molecule has 28 heavy (non-hydrogen) atoms. The molecule has 9 nitrogen and oxygen atoms in total. The Morgan fingerprint density at radius 3 is 2.75 bits per heavy atom. The van der Waals surface area contributed by atoms with Gasteiger partial charge in [-0.25, -0.2) is 4.98 Å². The Hall–Kier alpha value is -3.77. The van der Waals surface area contributed by atoms with E-state index in [0.29, 0.717) is 25.5 Å². The first-order valence-corrected chi connectivity index (χ1v) is 8.54. The quantitative estimate of drug-likeness (QED) is 0.496. The first-order valence-electron chi connectivity index (χ1n) is 8.54. The van der Waals surface area contributed by atoms with Crippen LogP contribution in [0, 0.1) is 21.4 Å². The van der Waals surface area contributed by atoms with Gasteiger partial charge in [0.2, 0.25) is 0 Å². The predicted molar refractivity (Wildman–Crippen MR) is 97.3 cm³/mol. The summed E-state index contributed by atoms with van der Waals surface area (Å²) < 4.78 is 12.9. The fourth-order valence-electron chi connectivity index (χ4n) is 2.90. The highest BCUT2D eigenvalue weighted by Crippen LogP contribution is 2.23. The standard InChI is InChI=1S/C19H15N5O4/c20-7-16-6-5-15(8-21-16)14-3-1-13(2-4-14)11-27-17-9-23-10-18(24(25)26)22-19(23)28-12-17/h1-6,8,10,17H,9,11-12H2/t17-/m0/s1. The number of rotatable bonds is 5. The highest BCUT2D eigenvalue weighted by Gasteiger charge is 2.28. The molecule has 1 aromatic carbocycles. The van der Waals surface area contributed by atoms with Gasteiger partial charge in [0.05, 0.1) is 13.2 Å². The Labute approximate surface area is 159 Å². The van der Waals surface area contributed by atoms with Crippen molar-refractivity contribution in [1.82, 2.24) is 14.5 Å². The van der Waals surface area contributed by atoms with Crippen molar-refractivity contribution in [1.29, 1.82) is 5.26 Å². The lowest BCUT2D eigenvalue weighted by atomic mass is 10.1. The number of imidazole rings is 1. The zero-order valence-electron chi connectivity index (χ0n) is 14.7. The molecule has 1 aliphatic rings. The van der Waals surface area contributed by atoms with Crippen molar-refractivity contribution in [3.05, 3.63) is 70.2 Å². The van der Waals surface area contributed by atoms with Gasteiger partial charge in [0, 0.05) is 16.7 Å². The summed E-state index contributed by atoms with van der Waals surface area (Å²) >= 11 is 0. The second kappa shape index (κ2) is 7.46. The first-order chi connectivity index (χ1) is 13.6. The molecule has 4 rings (SSSR count). The number of benzene rings is 1. The molecular formula is C19H15N5O4.